The Morgan fingerprint density at radius 2 is 2.07 bits per heavy atom. The molecular weight excluding hydrogens is 206 g/mol. The van der Waals surface area contributed by atoms with E-state index < -0.39 is 10.0 Å². The highest BCUT2D eigenvalue weighted by atomic mass is 32.2. The third-order valence-corrected chi connectivity index (χ3v) is 2.91. The molecule has 0 atom stereocenters. The molecule has 0 heterocycles. The van der Waals surface area contributed by atoms with Gasteiger partial charge in [-0.25, -0.2) is 8.42 Å². The summed E-state index contributed by atoms with van der Waals surface area (Å²) in [5.74, 6) is 0.599. The molecule has 0 aliphatic heterocycles. The Morgan fingerprint density at radius 1 is 1.43 bits per heavy atom. The van der Waals surface area contributed by atoms with Gasteiger partial charge in [-0.1, -0.05) is 4.89 Å². The van der Waals surface area contributed by atoms with Crippen molar-refractivity contribution in [2.45, 2.75) is 11.8 Å². The monoisotopic (exact) mass is 217 g/mol. The van der Waals surface area contributed by atoms with Crippen LogP contribution in [0.2, 0.25) is 0 Å². The lowest BCUT2D eigenvalue weighted by Crippen LogP contribution is -2.19. The predicted molar refractivity (Wildman–Crippen MR) is 49.8 cm³/mol. The predicted octanol–water partition coefficient (Wildman–Crippen LogP) is 0.671. The first kappa shape index (κ1) is 11.0. The Hall–Kier alpha value is -1.11. The summed E-state index contributed by atoms with van der Waals surface area (Å²) in [4.78, 5) is 1.25. The van der Waals surface area contributed by atoms with Crippen LogP contribution in [0.5, 0.6) is 5.75 Å². The summed E-state index contributed by atoms with van der Waals surface area (Å²) < 4.78 is 27.3. The number of benzene rings is 1. The summed E-state index contributed by atoms with van der Waals surface area (Å²) in [5, 5.41) is 8.40. The fourth-order valence-corrected chi connectivity index (χ4v) is 1.76. The highest BCUT2D eigenvalue weighted by Gasteiger charge is 2.13. The van der Waals surface area contributed by atoms with Crippen LogP contribution < -0.4 is 9.62 Å². The fourth-order valence-electron chi connectivity index (χ4n) is 1.07. The average molecular weight is 217 g/mol. The smallest absolute Gasteiger partial charge is 0.262 e. The molecule has 0 aliphatic carbocycles. The summed E-state index contributed by atoms with van der Waals surface area (Å²) in [6.07, 6.45) is 0. The van der Waals surface area contributed by atoms with Gasteiger partial charge in [-0.2, -0.15) is 0 Å². The Kier molecular flexibility index (Phi) is 3.10. The van der Waals surface area contributed by atoms with E-state index in [1.54, 1.807) is 6.92 Å². The molecule has 14 heavy (non-hydrogen) atoms. The second kappa shape index (κ2) is 3.95. The Morgan fingerprint density at radius 3 is 2.50 bits per heavy atom. The molecule has 0 saturated carbocycles. The maximum absolute atomic E-state index is 11.2. The molecule has 0 radical (unpaired) electrons. The number of aryl methyl sites for hydroxylation is 1. The number of methoxy groups -OCH3 is 1. The zero-order chi connectivity index (χ0) is 10.8. The van der Waals surface area contributed by atoms with E-state index in [4.69, 9.17) is 9.94 Å². The van der Waals surface area contributed by atoms with E-state index in [1.165, 1.54) is 30.2 Å². The first-order valence-corrected chi connectivity index (χ1v) is 5.30. The van der Waals surface area contributed by atoms with Crippen LogP contribution in [0.25, 0.3) is 0 Å². The van der Waals surface area contributed by atoms with Gasteiger partial charge >= 0.3 is 0 Å². The van der Waals surface area contributed by atoms with Crippen LogP contribution in [-0.2, 0) is 10.0 Å². The zero-order valence-corrected chi connectivity index (χ0v) is 8.63. The molecule has 0 amide bonds. The molecule has 1 rings (SSSR count). The highest BCUT2D eigenvalue weighted by molar-refractivity contribution is 7.89. The van der Waals surface area contributed by atoms with Crippen molar-refractivity contribution in [2.75, 3.05) is 7.11 Å². The third kappa shape index (κ3) is 2.03. The van der Waals surface area contributed by atoms with E-state index in [0.717, 1.165) is 0 Å². The molecule has 0 aliphatic rings. The lowest BCUT2D eigenvalue weighted by molar-refractivity contribution is 0.242. The van der Waals surface area contributed by atoms with E-state index in [-0.39, 0.29) is 4.90 Å². The number of sulfonamides is 1. The van der Waals surface area contributed by atoms with Crippen LogP contribution in [0.3, 0.4) is 0 Å². The van der Waals surface area contributed by atoms with Crippen molar-refractivity contribution in [1.82, 2.24) is 4.89 Å². The van der Waals surface area contributed by atoms with Gasteiger partial charge in [-0.05, 0) is 30.7 Å². The molecule has 1 aromatic rings. The molecule has 0 fully saturated rings. The molecule has 0 saturated heterocycles. The van der Waals surface area contributed by atoms with Crippen molar-refractivity contribution >= 4 is 10.0 Å². The van der Waals surface area contributed by atoms with Crippen LogP contribution in [-0.4, -0.2) is 20.7 Å². The van der Waals surface area contributed by atoms with Gasteiger partial charge in [0.05, 0.1) is 12.0 Å². The van der Waals surface area contributed by atoms with E-state index in [1.807, 2.05) is 0 Å². The molecule has 78 valence electrons. The number of nitrogens with one attached hydrogen (secondary N) is 1. The summed E-state index contributed by atoms with van der Waals surface area (Å²) in [7, 11) is -2.29. The second-order valence-corrected chi connectivity index (χ2v) is 4.39. The average Bonchev–Trinajstić information content (AvgIpc) is 2.17. The molecule has 5 nitrogen and oxygen atoms in total. The first-order valence-electron chi connectivity index (χ1n) is 3.82. The lowest BCUT2D eigenvalue weighted by Gasteiger charge is -2.06. The molecular formula is C8H11NO4S. The van der Waals surface area contributed by atoms with Gasteiger partial charge in [0.2, 0.25) is 0 Å². The Balaban J connectivity index is 3.22. The molecule has 0 bridgehead atoms. The first-order chi connectivity index (χ1) is 6.51. The van der Waals surface area contributed by atoms with Gasteiger partial charge < -0.3 is 9.94 Å². The highest BCUT2D eigenvalue weighted by Crippen LogP contribution is 2.20. The topological polar surface area (TPSA) is 75.6 Å². The number of hydrogen-bond acceptors (Lipinski definition) is 4. The second-order valence-electron chi connectivity index (χ2n) is 2.73. The minimum absolute atomic E-state index is 0.00157. The van der Waals surface area contributed by atoms with E-state index >= 15 is 0 Å². The van der Waals surface area contributed by atoms with Crippen molar-refractivity contribution in [3.8, 4) is 5.75 Å². The maximum atomic E-state index is 11.2. The molecule has 2 N–H and O–H groups in total. The van der Waals surface area contributed by atoms with Gasteiger partial charge in [0.1, 0.15) is 5.75 Å². The summed E-state index contributed by atoms with van der Waals surface area (Å²) in [6.45, 7) is 1.72. The van der Waals surface area contributed by atoms with Crippen LogP contribution in [0.15, 0.2) is 23.1 Å². The van der Waals surface area contributed by atoms with Crippen LogP contribution in [0.1, 0.15) is 5.56 Å². The largest absolute Gasteiger partial charge is 0.496 e. The zero-order valence-electron chi connectivity index (χ0n) is 7.81. The minimum Gasteiger partial charge on any atom is -0.496 e. The molecule has 0 aromatic heterocycles. The Labute approximate surface area is 82.3 Å². The standard InChI is InChI=1S/C8H11NO4S/c1-6-5-7(14(11,12)9-10)3-4-8(6)13-2/h3-5,9-10H,1-2H3. The summed E-state index contributed by atoms with van der Waals surface area (Å²) in [5.41, 5.74) is 0.684. The number of rotatable bonds is 3. The van der Waals surface area contributed by atoms with Crippen LogP contribution in [0, 0.1) is 6.92 Å². The number of hydrogen-bond donors (Lipinski definition) is 2. The van der Waals surface area contributed by atoms with E-state index in [0.29, 0.717) is 11.3 Å². The maximum Gasteiger partial charge on any atom is 0.262 e. The van der Waals surface area contributed by atoms with Gasteiger partial charge in [-0.15, -0.1) is 0 Å². The van der Waals surface area contributed by atoms with Crippen molar-refractivity contribution in [1.29, 1.82) is 0 Å². The van der Waals surface area contributed by atoms with Gasteiger partial charge in [0.25, 0.3) is 10.0 Å². The van der Waals surface area contributed by atoms with Crippen molar-refractivity contribution in [3.05, 3.63) is 23.8 Å². The SMILES string of the molecule is COc1ccc(S(=O)(=O)NO)cc1C. The third-order valence-electron chi connectivity index (χ3n) is 1.80. The molecule has 0 unspecified atom stereocenters. The normalized spacial score (nSPS) is 11.4. The summed E-state index contributed by atoms with van der Waals surface area (Å²) >= 11 is 0. The van der Waals surface area contributed by atoms with Crippen molar-refractivity contribution < 1.29 is 18.4 Å². The van der Waals surface area contributed by atoms with Crippen LogP contribution in [0.4, 0.5) is 0 Å². The molecule has 0 spiro atoms. The summed E-state index contributed by atoms with van der Waals surface area (Å²) in [6, 6.07) is 4.29. The lowest BCUT2D eigenvalue weighted by atomic mass is 10.2. The van der Waals surface area contributed by atoms with E-state index in [9.17, 15) is 8.42 Å². The minimum atomic E-state index is -3.80. The number of ether oxygens (including phenoxy) is 1. The van der Waals surface area contributed by atoms with Crippen molar-refractivity contribution in [2.24, 2.45) is 0 Å². The van der Waals surface area contributed by atoms with Crippen LogP contribution >= 0.6 is 0 Å². The van der Waals surface area contributed by atoms with Gasteiger partial charge in [0, 0.05) is 0 Å². The quantitative estimate of drug-likeness (QED) is 0.730. The molecule has 1 aromatic carbocycles. The Bertz CT molecular complexity index is 427. The fraction of sp³-hybridized carbons (Fsp3) is 0.250. The van der Waals surface area contributed by atoms with Crippen molar-refractivity contribution in [3.63, 3.8) is 0 Å². The molecule has 6 heteroatoms. The van der Waals surface area contributed by atoms with E-state index in [2.05, 4.69) is 0 Å². The van der Waals surface area contributed by atoms with Gasteiger partial charge in [-0.3, -0.25) is 0 Å². The van der Waals surface area contributed by atoms with Gasteiger partial charge in [0.15, 0.2) is 0 Å².